The first-order chi connectivity index (χ1) is 8.33. The van der Waals surface area contributed by atoms with Crippen molar-refractivity contribution in [3.8, 4) is 5.69 Å². The third kappa shape index (κ3) is 2.48. The van der Waals surface area contributed by atoms with Crippen LogP contribution in [-0.2, 0) is 6.54 Å². The highest BCUT2D eigenvalue weighted by molar-refractivity contribution is 6.30. The predicted octanol–water partition coefficient (Wildman–Crippen LogP) is 2.17. The quantitative estimate of drug-likeness (QED) is 0.902. The second-order valence-corrected chi connectivity index (χ2v) is 4.70. The van der Waals surface area contributed by atoms with Crippen molar-refractivity contribution in [2.45, 2.75) is 25.4 Å². The van der Waals surface area contributed by atoms with Gasteiger partial charge in [-0.25, -0.2) is 9.67 Å². The Bertz CT molecular complexity index is 505. The summed E-state index contributed by atoms with van der Waals surface area (Å²) in [6.07, 6.45) is 5.78. The molecule has 0 saturated heterocycles. The minimum absolute atomic E-state index is 0.689. The van der Waals surface area contributed by atoms with Crippen LogP contribution in [0.5, 0.6) is 0 Å². The summed E-state index contributed by atoms with van der Waals surface area (Å²) in [7, 11) is 0. The number of nitrogens with zero attached hydrogens (tertiary/aromatic N) is 3. The van der Waals surface area contributed by atoms with E-state index in [0.717, 1.165) is 12.2 Å². The SMILES string of the molecule is Clc1ccc(CNC2CC2)c(-n2cncn2)c1. The monoisotopic (exact) mass is 248 g/mol. The molecule has 1 aliphatic carbocycles. The van der Waals surface area contributed by atoms with Crippen LogP contribution in [-0.4, -0.2) is 20.8 Å². The van der Waals surface area contributed by atoms with E-state index in [4.69, 9.17) is 11.6 Å². The summed E-state index contributed by atoms with van der Waals surface area (Å²) < 4.78 is 1.75. The number of hydrogen-bond acceptors (Lipinski definition) is 3. The van der Waals surface area contributed by atoms with E-state index in [1.54, 1.807) is 11.0 Å². The van der Waals surface area contributed by atoms with Crippen LogP contribution in [0.4, 0.5) is 0 Å². The molecule has 0 atom stereocenters. The van der Waals surface area contributed by atoms with Crippen LogP contribution in [0.25, 0.3) is 5.69 Å². The second kappa shape index (κ2) is 4.47. The maximum atomic E-state index is 6.03. The fourth-order valence-electron chi connectivity index (χ4n) is 1.77. The van der Waals surface area contributed by atoms with E-state index in [-0.39, 0.29) is 0 Å². The lowest BCUT2D eigenvalue weighted by molar-refractivity contribution is 0.681. The Kier molecular flexibility index (Phi) is 2.82. The molecule has 0 aliphatic heterocycles. The van der Waals surface area contributed by atoms with Crippen molar-refractivity contribution in [2.24, 2.45) is 0 Å². The standard InChI is InChI=1S/C12H13ClN4/c13-10-2-1-9(6-15-11-3-4-11)12(5-10)17-8-14-7-16-17/h1-2,5,7-8,11,15H,3-4,6H2. The molecule has 5 heteroatoms. The minimum atomic E-state index is 0.689. The van der Waals surface area contributed by atoms with Gasteiger partial charge in [-0.05, 0) is 30.5 Å². The van der Waals surface area contributed by atoms with Crippen LogP contribution in [0.15, 0.2) is 30.9 Å². The van der Waals surface area contributed by atoms with E-state index in [0.29, 0.717) is 11.1 Å². The largest absolute Gasteiger partial charge is 0.310 e. The molecule has 1 aromatic carbocycles. The zero-order chi connectivity index (χ0) is 11.7. The Balaban J connectivity index is 1.89. The summed E-state index contributed by atoms with van der Waals surface area (Å²) in [5, 5.41) is 8.35. The lowest BCUT2D eigenvalue weighted by atomic mass is 10.1. The fraction of sp³-hybridized carbons (Fsp3) is 0.333. The molecule has 0 bridgehead atoms. The molecule has 2 aromatic rings. The Morgan fingerprint density at radius 1 is 1.41 bits per heavy atom. The molecule has 0 amide bonds. The van der Waals surface area contributed by atoms with Gasteiger partial charge < -0.3 is 5.32 Å². The first-order valence-electron chi connectivity index (χ1n) is 5.70. The maximum absolute atomic E-state index is 6.03. The molecule has 1 saturated carbocycles. The summed E-state index contributed by atoms with van der Waals surface area (Å²) >= 11 is 6.03. The van der Waals surface area contributed by atoms with Crippen molar-refractivity contribution in [3.05, 3.63) is 41.4 Å². The average molecular weight is 249 g/mol. The zero-order valence-electron chi connectivity index (χ0n) is 9.31. The number of halogens is 1. The van der Waals surface area contributed by atoms with Crippen LogP contribution in [0.2, 0.25) is 5.02 Å². The van der Waals surface area contributed by atoms with Crippen molar-refractivity contribution in [2.75, 3.05) is 0 Å². The van der Waals surface area contributed by atoms with Crippen LogP contribution in [0, 0.1) is 0 Å². The van der Waals surface area contributed by atoms with E-state index in [1.165, 1.54) is 24.7 Å². The van der Waals surface area contributed by atoms with Crippen molar-refractivity contribution in [1.82, 2.24) is 20.1 Å². The number of rotatable bonds is 4. The van der Waals surface area contributed by atoms with Gasteiger partial charge in [0.05, 0.1) is 5.69 Å². The number of benzene rings is 1. The van der Waals surface area contributed by atoms with Crippen molar-refractivity contribution in [3.63, 3.8) is 0 Å². The van der Waals surface area contributed by atoms with Gasteiger partial charge in [0.2, 0.25) is 0 Å². The molecule has 88 valence electrons. The fourth-order valence-corrected chi connectivity index (χ4v) is 1.94. The molecule has 0 radical (unpaired) electrons. The van der Waals surface area contributed by atoms with Crippen LogP contribution in [0.3, 0.4) is 0 Å². The van der Waals surface area contributed by atoms with E-state index in [2.05, 4.69) is 15.4 Å². The van der Waals surface area contributed by atoms with E-state index in [1.807, 2.05) is 18.2 Å². The minimum Gasteiger partial charge on any atom is -0.310 e. The van der Waals surface area contributed by atoms with Gasteiger partial charge in [-0.15, -0.1) is 0 Å². The van der Waals surface area contributed by atoms with Gasteiger partial charge in [-0.1, -0.05) is 17.7 Å². The van der Waals surface area contributed by atoms with Crippen molar-refractivity contribution < 1.29 is 0 Å². The third-order valence-electron chi connectivity index (χ3n) is 2.87. The van der Waals surface area contributed by atoms with Gasteiger partial charge in [0.15, 0.2) is 0 Å². The smallest absolute Gasteiger partial charge is 0.138 e. The highest BCUT2D eigenvalue weighted by Gasteiger charge is 2.20. The van der Waals surface area contributed by atoms with Gasteiger partial charge in [-0.3, -0.25) is 0 Å². The van der Waals surface area contributed by atoms with Gasteiger partial charge in [-0.2, -0.15) is 5.10 Å². The molecular weight excluding hydrogens is 236 g/mol. The molecule has 1 N–H and O–H groups in total. The molecule has 17 heavy (non-hydrogen) atoms. The summed E-state index contributed by atoms with van der Waals surface area (Å²) in [4.78, 5) is 3.97. The Labute approximate surface area is 105 Å². The summed E-state index contributed by atoms with van der Waals surface area (Å²) in [6.45, 7) is 0.844. The molecule has 1 heterocycles. The van der Waals surface area contributed by atoms with Crippen LogP contribution < -0.4 is 5.32 Å². The molecular formula is C12H13ClN4. The first kappa shape index (κ1) is 10.7. The van der Waals surface area contributed by atoms with Crippen LogP contribution >= 0.6 is 11.6 Å². The Morgan fingerprint density at radius 3 is 3.00 bits per heavy atom. The second-order valence-electron chi connectivity index (χ2n) is 4.27. The van der Waals surface area contributed by atoms with Crippen LogP contribution in [0.1, 0.15) is 18.4 Å². The average Bonchev–Trinajstić information content (AvgIpc) is 3.00. The van der Waals surface area contributed by atoms with E-state index in [9.17, 15) is 0 Å². The molecule has 3 rings (SSSR count). The first-order valence-corrected chi connectivity index (χ1v) is 6.07. The maximum Gasteiger partial charge on any atom is 0.138 e. The highest BCUT2D eigenvalue weighted by Crippen LogP contribution is 2.22. The summed E-state index contributed by atoms with van der Waals surface area (Å²) in [6, 6.07) is 6.55. The van der Waals surface area contributed by atoms with Gasteiger partial charge >= 0.3 is 0 Å². The topological polar surface area (TPSA) is 42.7 Å². The van der Waals surface area contributed by atoms with E-state index < -0.39 is 0 Å². The molecule has 1 aliphatic rings. The Hall–Kier alpha value is -1.39. The third-order valence-corrected chi connectivity index (χ3v) is 3.11. The molecule has 1 aromatic heterocycles. The van der Waals surface area contributed by atoms with E-state index >= 15 is 0 Å². The molecule has 4 nitrogen and oxygen atoms in total. The van der Waals surface area contributed by atoms with Gasteiger partial charge in [0.1, 0.15) is 12.7 Å². The normalized spacial score (nSPS) is 15.1. The van der Waals surface area contributed by atoms with Crippen molar-refractivity contribution in [1.29, 1.82) is 0 Å². The number of aromatic nitrogens is 3. The molecule has 0 unspecified atom stereocenters. The van der Waals surface area contributed by atoms with Gasteiger partial charge in [0, 0.05) is 17.6 Å². The van der Waals surface area contributed by atoms with Crippen molar-refractivity contribution >= 4 is 11.6 Å². The predicted molar refractivity (Wildman–Crippen MR) is 66.2 cm³/mol. The Morgan fingerprint density at radius 2 is 2.29 bits per heavy atom. The number of nitrogens with one attached hydrogen (secondary N) is 1. The lowest BCUT2D eigenvalue weighted by Gasteiger charge is -2.10. The van der Waals surface area contributed by atoms with Gasteiger partial charge in [0.25, 0.3) is 0 Å². The molecule has 0 spiro atoms. The zero-order valence-corrected chi connectivity index (χ0v) is 10.1. The summed E-state index contributed by atoms with van der Waals surface area (Å²) in [5.41, 5.74) is 2.18. The lowest BCUT2D eigenvalue weighted by Crippen LogP contribution is -2.17. The number of hydrogen-bond donors (Lipinski definition) is 1. The highest BCUT2D eigenvalue weighted by atomic mass is 35.5. The molecule has 1 fully saturated rings. The summed E-state index contributed by atoms with van der Waals surface area (Å²) in [5.74, 6) is 0.